The van der Waals surface area contributed by atoms with Crippen molar-refractivity contribution in [2.75, 3.05) is 19.6 Å². The highest BCUT2D eigenvalue weighted by molar-refractivity contribution is 5.76. The van der Waals surface area contributed by atoms with Gasteiger partial charge in [0.25, 0.3) is 0 Å². The molecule has 1 rings (SSSR count). The fourth-order valence-corrected chi connectivity index (χ4v) is 2.81. The van der Waals surface area contributed by atoms with E-state index in [1.165, 1.54) is 0 Å². The number of amides is 2. The molecule has 5 heteroatoms. The molecule has 1 aliphatic heterocycles. The molecule has 0 aromatic rings. The molecule has 5 nitrogen and oxygen atoms in total. The number of carbonyl (C=O) groups is 2. The lowest BCUT2D eigenvalue weighted by molar-refractivity contribution is -0.142. The van der Waals surface area contributed by atoms with Gasteiger partial charge < -0.3 is 15.3 Å². The number of carboxylic acid groups (broad SMARTS) is 1. The molecule has 0 radical (unpaired) electrons. The monoisotopic (exact) mass is 298 g/mol. The third-order valence-corrected chi connectivity index (χ3v) is 4.31. The Bertz CT molecular complexity index is 374. The minimum Gasteiger partial charge on any atom is -0.481 e. The van der Waals surface area contributed by atoms with Gasteiger partial charge in [-0.3, -0.25) is 4.79 Å². The maximum Gasteiger partial charge on any atom is 0.317 e. The molecule has 0 aliphatic carbocycles. The van der Waals surface area contributed by atoms with Crippen LogP contribution in [0.25, 0.3) is 0 Å². The summed E-state index contributed by atoms with van der Waals surface area (Å²) in [5, 5.41) is 12.0. The number of aliphatic carboxylic acids is 1. The van der Waals surface area contributed by atoms with Crippen LogP contribution in [0.1, 0.15) is 47.5 Å². The Kier molecular flexibility index (Phi) is 6.05. The Hall–Kier alpha value is -1.26. The molecule has 122 valence electrons. The fourth-order valence-electron chi connectivity index (χ4n) is 2.81. The van der Waals surface area contributed by atoms with Crippen LogP contribution in [0.3, 0.4) is 0 Å². The Balaban J connectivity index is 2.45. The van der Waals surface area contributed by atoms with Gasteiger partial charge in [0.1, 0.15) is 0 Å². The number of carboxylic acids is 1. The summed E-state index contributed by atoms with van der Waals surface area (Å²) in [5.41, 5.74) is 0.205. The van der Waals surface area contributed by atoms with Gasteiger partial charge in [-0.2, -0.15) is 0 Å². The number of rotatable bonds is 5. The van der Waals surface area contributed by atoms with Crippen LogP contribution in [0, 0.1) is 23.2 Å². The van der Waals surface area contributed by atoms with Crippen molar-refractivity contribution in [1.82, 2.24) is 10.2 Å². The SMILES string of the molecule is CC(C)CC(CNC(=O)N1CCC(C(C)(C)C)C1)C(=O)O. The summed E-state index contributed by atoms with van der Waals surface area (Å²) < 4.78 is 0. The summed E-state index contributed by atoms with van der Waals surface area (Å²) >= 11 is 0. The Morgan fingerprint density at radius 2 is 1.95 bits per heavy atom. The second-order valence-electron chi connectivity index (χ2n) is 7.65. The molecule has 2 amide bonds. The van der Waals surface area contributed by atoms with E-state index in [1.807, 2.05) is 18.7 Å². The summed E-state index contributed by atoms with van der Waals surface area (Å²) in [6, 6.07) is -0.128. The Morgan fingerprint density at radius 3 is 2.38 bits per heavy atom. The van der Waals surface area contributed by atoms with Crippen molar-refractivity contribution in [1.29, 1.82) is 0 Å². The van der Waals surface area contributed by atoms with Crippen LogP contribution >= 0.6 is 0 Å². The Morgan fingerprint density at radius 1 is 1.33 bits per heavy atom. The number of urea groups is 1. The first-order valence-electron chi connectivity index (χ1n) is 7.86. The smallest absolute Gasteiger partial charge is 0.317 e. The first kappa shape index (κ1) is 17.8. The van der Waals surface area contributed by atoms with Crippen LogP contribution in [0.15, 0.2) is 0 Å². The quantitative estimate of drug-likeness (QED) is 0.820. The van der Waals surface area contributed by atoms with Crippen molar-refractivity contribution in [2.24, 2.45) is 23.2 Å². The zero-order valence-corrected chi connectivity index (χ0v) is 14.0. The van der Waals surface area contributed by atoms with Crippen molar-refractivity contribution in [3.8, 4) is 0 Å². The second-order valence-corrected chi connectivity index (χ2v) is 7.65. The van der Waals surface area contributed by atoms with Crippen molar-refractivity contribution in [2.45, 2.75) is 47.5 Å². The van der Waals surface area contributed by atoms with Gasteiger partial charge in [0.15, 0.2) is 0 Å². The first-order valence-corrected chi connectivity index (χ1v) is 7.86. The molecule has 2 unspecified atom stereocenters. The van der Waals surface area contributed by atoms with Crippen LogP contribution in [0.5, 0.6) is 0 Å². The van der Waals surface area contributed by atoms with E-state index in [0.29, 0.717) is 18.3 Å². The highest BCUT2D eigenvalue weighted by Crippen LogP contribution is 2.33. The van der Waals surface area contributed by atoms with E-state index in [4.69, 9.17) is 0 Å². The third kappa shape index (κ3) is 5.56. The van der Waals surface area contributed by atoms with E-state index < -0.39 is 11.9 Å². The predicted octanol–water partition coefficient (Wildman–Crippen LogP) is 2.81. The largest absolute Gasteiger partial charge is 0.481 e. The summed E-state index contributed by atoms with van der Waals surface area (Å²) in [4.78, 5) is 25.1. The van der Waals surface area contributed by atoms with Crippen LogP contribution in [-0.4, -0.2) is 41.6 Å². The van der Waals surface area contributed by atoms with Gasteiger partial charge in [-0.25, -0.2) is 4.79 Å². The lowest BCUT2D eigenvalue weighted by Crippen LogP contribution is -2.42. The highest BCUT2D eigenvalue weighted by Gasteiger charge is 2.34. The van der Waals surface area contributed by atoms with Crippen LogP contribution < -0.4 is 5.32 Å². The maximum atomic E-state index is 12.2. The normalized spacial score (nSPS) is 20.7. The topological polar surface area (TPSA) is 69.6 Å². The molecule has 2 N–H and O–H groups in total. The average molecular weight is 298 g/mol. The van der Waals surface area contributed by atoms with Gasteiger partial charge in [0, 0.05) is 19.6 Å². The van der Waals surface area contributed by atoms with Crippen molar-refractivity contribution < 1.29 is 14.7 Å². The second kappa shape index (κ2) is 7.14. The standard InChI is InChI=1S/C16H30N2O3/c1-11(2)8-12(14(19)20)9-17-15(21)18-7-6-13(10-18)16(3,4)5/h11-13H,6-10H2,1-5H3,(H,17,21)(H,19,20). The van der Waals surface area contributed by atoms with Gasteiger partial charge in [-0.1, -0.05) is 34.6 Å². The number of likely N-dealkylation sites (tertiary alicyclic amines) is 1. The van der Waals surface area contributed by atoms with Crippen LogP contribution in [-0.2, 0) is 4.79 Å². The van der Waals surface area contributed by atoms with Gasteiger partial charge in [-0.05, 0) is 30.1 Å². The molecule has 0 saturated carbocycles. The average Bonchev–Trinajstić information content (AvgIpc) is 2.82. The van der Waals surface area contributed by atoms with E-state index in [2.05, 4.69) is 26.1 Å². The summed E-state index contributed by atoms with van der Waals surface area (Å²) in [7, 11) is 0. The van der Waals surface area contributed by atoms with E-state index in [0.717, 1.165) is 19.5 Å². The highest BCUT2D eigenvalue weighted by atomic mass is 16.4. The zero-order chi connectivity index (χ0) is 16.2. The molecular formula is C16H30N2O3. The molecule has 1 heterocycles. The van der Waals surface area contributed by atoms with Crippen molar-refractivity contribution >= 4 is 12.0 Å². The summed E-state index contributed by atoms with van der Waals surface area (Å²) in [6.07, 6.45) is 1.60. The Labute approximate surface area is 128 Å². The zero-order valence-electron chi connectivity index (χ0n) is 14.0. The van der Waals surface area contributed by atoms with Gasteiger partial charge in [0.2, 0.25) is 0 Å². The van der Waals surface area contributed by atoms with E-state index in [9.17, 15) is 14.7 Å². The lowest BCUT2D eigenvalue weighted by atomic mass is 9.80. The molecule has 0 spiro atoms. The first-order chi connectivity index (χ1) is 9.61. The molecule has 0 bridgehead atoms. The van der Waals surface area contributed by atoms with Gasteiger partial charge >= 0.3 is 12.0 Å². The van der Waals surface area contributed by atoms with Crippen LogP contribution in [0.4, 0.5) is 4.79 Å². The van der Waals surface area contributed by atoms with Crippen molar-refractivity contribution in [3.63, 3.8) is 0 Å². The number of hydrogen-bond donors (Lipinski definition) is 2. The fraction of sp³-hybridized carbons (Fsp3) is 0.875. The number of nitrogens with one attached hydrogen (secondary N) is 1. The lowest BCUT2D eigenvalue weighted by Gasteiger charge is -2.27. The van der Waals surface area contributed by atoms with Gasteiger partial charge in [-0.15, -0.1) is 0 Å². The van der Waals surface area contributed by atoms with Gasteiger partial charge in [0.05, 0.1) is 5.92 Å². The van der Waals surface area contributed by atoms with E-state index in [1.54, 1.807) is 0 Å². The van der Waals surface area contributed by atoms with Crippen molar-refractivity contribution in [3.05, 3.63) is 0 Å². The summed E-state index contributed by atoms with van der Waals surface area (Å²) in [5.74, 6) is -0.526. The maximum absolute atomic E-state index is 12.2. The van der Waals surface area contributed by atoms with E-state index >= 15 is 0 Å². The minimum absolute atomic E-state index is 0.128. The number of carbonyl (C=O) groups excluding carboxylic acids is 1. The number of nitrogens with zero attached hydrogens (tertiary/aromatic N) is 1. The molecule has 0 aromatic carbocycles. The van der Waals surface area contributed by atoms with E-state index in [-0.39, 0.29) is 18.0 Å². The molecule has 1 aliphatic rings. The molecule has 21 heavy (non-hydrogen) atoms. The number of hydrogen-bond acceptors (Lipinski definition) is 2. The molecule has 2 atom stereocenters. The predicted molar refractivity (Wildman–Crippen MR) is 83.1 cm³/mol. The summed E-state index contributed by atoms with van der Waals surface area (Å²) in [6.45, 7) is 12.3. The van der Waals surface area contributed by atoms with Crippen LogP contribution in [0.2, 0.25) is 0 Å². The molecule has 0 aromatic heterocycles. The molecule has 1 saturated heterocycles. The molecule has 1 fully saturated rings. The minimum atomic E-state index is -0.835. The third-order valence-electron chi connectivity index (χ3n) is 4.31. The molecular weight excluding hydrogens is 268 g/mol.